The molecule has 0 amide bonds. The molecule has 2 N–H and O–H groups in total. The lowest BCUT2D eigenvalue weighted by Crippen LogP contribution is -2.36. The lowest BCUT2D eigenvalue weighted by atomic mass is 9.71. The highest BCUT2D eigenvalue weighted by Gasteiger charge is 2.42. The normalized spacial score (nSPS) is 19.8. The molecule has 2 aliphatic rings. The molecule has 0 spiro atoms. The summed E-state index contributed by atoms with van der Waals surface area (Å²) in [5.41, 5.74) is 3.81. The number of allylic oxidation sites excluding steroid dienone is 3. The third kappa shape index (κ3) is 5.11. The van der Waals surface area contributed by atoms with Crippen LogP contribution in [0.4, 0.5) is 0 Å². The van der Waals surface area contributed by atoms with E-state index in [2.05, 4.69) is 5.32 Å². The Hall–Kier alpha value is -2.96. The van der Waals surface area contributed by atoms with Gasteiger partial charge in [0.05, 0.1) is 23.3 Å². The Balaban J connectivity index is 1.85. The van der Waals surface area contributed by atoms with E-state index in [-0.39, 0.29) is 40.7 Å². The number of phenols is 1. The highest BCUT2D eigenvalue weighted by Crippen LogP contribution is 2.48. The van der Waals surface area contributed by atoms with Gasteiger partial charge in [0.2, 0.25) is 0 Å². The van der Waals surface area contributed by atoms with Crippen molar-refractivity contribution >= 4 is 35.0 Å². The molecule has 0 aromatic heterocycles. The molecule has 1 aliphatic carbocycles. The summed E-state index contributed by atoms with van der Waals surface area (Å²) in [5, 5.41) is 14.4. The summed E-state index contributed by atoms with van der Waals surface area (Å²) >= 11 is 12.4. The molecule has 0 radical (unpaired) electrons. The van der Waals surface area contributed by atoms with Crippen molar-refractivity contribution in [2.45, 2.75) is 58.5 Å². The Morgan fingerprint density at radius 2 is 1.83 bits per heavy atom. The van der Waals surface area contributed by atoms with Gasteiger partial charge >= 0.3 is 5.97 Å². The number of esters is 1. The highest BCUT2D eigenvalue weighted by molar-refractivity contribution is 6.32. The van der Waals surface area contributed by atoms with E-state index in [0.717, 1.165) is 11.3 Å². The molecular formula is C28H29Cl2NO5. The van der Waals surface area contributed by atoms with Crippen LogP contribution in [-0.4, -0.2) is 29.6 Å². The van der Waals surface area contributed by atoms with E-state index in [1.165, 1.54) is 0 Å². The van der Waals surface area contributed by atoms with Crippen molar-refractivity contribution in [1.29, 1.82) is 0 Å². The third-order valence-corrected chi connectivity index (χ3v) is 6.96. The number of rotatable bonds is 6. The number of phenolic OH excluding ortho intramolecular Hbond substituents is 1. The number of nitrogens with one attached hydrogen (secondary N) is 1. The number of benzene rings is 2. The van der Waals surface area contributed by atoms with Gasteiger partial charge in [-0.3, -0.25) is 4.79 Å². The fourth-order valence-electron chi connectivity index (χ4n) is 4.92. The van der Waals surface area contributed by atoms with Crippen LogP contribution in [0.25, 0.3) is 0 Å². The predicted octanol–water partition coefficient (Wildman–Crippen LogP) is 6.41. The van der Waals surface area contributed by atoms with Gasteiger partial charge in [-0.1, -0.05) is 35.3 Å². The van der Waals surface area contributed by atoms with Crippen molar-refractivity contribution in [3.63, 3.8) is 0 Å². The van der Waals surface area contributed by atoms with Crippen molar-refractivity contribution in [3.05, 3.63) is 80.1 Å². The number of aromatic hydroxyl groups is 1. The van der Waals surface area contributed by atoms with E-state index in [1.807, 2.05) is 24.3 Å². The molecule has 1 aliphatic heterocycles. The van der Waals surface area contributed by atoms with Gasteiger partial charge in [0.25, 0.3) is 0 Å². The molecule has 190 valence electrons. The van der Waals surface area contributed by atoms with Crippen LogP contribution in [0, 0.1) is 0 Å². The lowest BCUT2D eigenvalue weighted by Gasteiger charge is -2.37. The van der Waals surface area contributed by atoms with Crippen molar-refractivity contribution in [3.8, 4) is 11.5 Å². The average molecular weight is 530 g/mol. The standard InChI is InChI=1S/C28H29Cl2NO5/c1-5-35-23-13-18(10-20(30)27(23)33)25-24(28(34)36-14(2)3)15(4)31-21-11-17(12-22(32)26(21)25)16-6-8-19(29)9-7-16/h6-10,13-14,17,25,31,33H,5,11-12H2,1-4H3/t17-,25-/m0/s1. The van der Waals surface area contributed by atoms with E-state index in [9.17, 15) is 14.7 Å². The third-order valence-electron chi connectivity index (χ3n) is 6.42. The van der Waals surface area contributed by atoms with Crippen LogP contribution in [0.2, 0.25) is 10.0 Å². The van der Waals surface area contributed by atoms with Crippen molar-refractivity contribution in [2.75, 3.05) is 6.61 Å². The zero-order chi connectivity index (χ0) is 26.1. The number of hydrogen-bond acceptors (Lipinski definition) is 6. The molecule has 2 atom stereocenters. The van der Waals surface area contributed by atoms with Gasteiger partial charge in [0.15, 0.2) is 17.3 Å². The molecule has 0 unspecified atom stereocenters. The Morgan fingerprint density at radius 1 is 1.14 bits per heavy atom. The molecule has 6 nitrogen and oxygen atoms in total. The Kier molecular flexibility index (Phi) is 7.67. The predicted molar refractivity (Wildman–Crippen MR) is 140 cm³/mol. The van der Waals surface area contributed by atoms with Crippen LogP contribution >= 0.6 is 23.2 Å². The van der Waals surface area contributed by atoms with E-state index in [1.54, 1.807) is 39.8 Å². The summed E-state index contributed by atoms with van der Waals surface area (Å²) in [6, 6.07) is 10.7. The van der Waals surface area contributed by atoms with Gasteiger partial charge in [0, 0.05) is 34.3 Å². The molecule has 36 heavy (non-hydrogen) atoms. The van der Waals surface area contributed by atoms with Crippen LogP contribution in [0.3, 0.4) is 0 Å². The summed E-state index contributed by atoms with van der Waals surface area (Å²) in [4.78, 5) is 27.0. The summed E-state index contributed by atoms with van der Waals surface area (Å²) in [6.07, 6.45) is 0.536. The van der Waals surface area contributed by atoms with Gasteiger partial charge in [-0.25, -0.2) is 4.79 Å². The fourth-order valence-corrected chi connectivity index (χ4v) is 5.26. The number of halogens is 2. The number of hydrogen-bond donors (Lipinski definition) is 2. The zero-order valence-corrected chi connectivity index (χ0v) is 22.2. The van der Waals surface area contributed by atoms with Crippen LogP contribution in [-0.2, 0) is 14.3 Å². The molecule has 1 heterocycles. The van der Waals surface area contributed by atoms with Crippen molar-refractivity contribution < 1.29 is 24.2 Å². The van der Waals surface area contributed by atoms with Gasteiger partial charge in [0.1, 0.15) is 0 Å². The van der Waals surface area contributed by atoms with Gasteiger partial charge < -0.3 is 19.9 Å². The minimum Gasteiger partial charge on any atom is -0.503 e. The number of ether oxygens (including phenoxy) is 2. The Labute approximate surface area is 220 Å². The molecule has 0 saturated carbocycles. The zero-order valence-electron chi connectivity index (χ0n) is 20.7. The number of dihydropyridines is 1. The number of carbonyl (C=O) groups excluding carboxylic acids is 2. The molecule has 0 saturated heterocycles. The number of carbonyl (C=O) groups is 2. The van der Waals surface area contributed by atoms with E-state index < -0.39 is 11.9 Å². The maximum atomic E-state index is 13.7. The van der Waals surface area contributed by atoms with Crippen molar-refractivity contribution in [1.82, 2.24) is 5.32 Å². The quantitative estimate of drug-likeness (QED) is 0.420. The largest absolute Gasteiger partial charge is 0.503 e. The second-order valence-electron chi connectivity index (χ2n) is 9.31. The first-order valence-electron chi connectivity index (χ1n) is 12.0. The first-order valence-corrected chi connectivity index (χ1v) is 12.7. The molecule has 2 aromatic rings. The second kappa shape index (κ2) is 10.6. The lowest BCUT2D eigenvalue weighted by molar-refractivity contribution is -0.143. The molecule has 0 bridgehead atoms. The molecule has 8 heteroatoms. The minimum atomic E-state index is -0.719. The van der Waals surface area contributed by atoms with Gasteiger partial charge in [-0.2, -0.15) is 0 Å². The minimum absolute atomic E-state index is 0.0268. The van der Waals surface area contributed by atoms with Crippen LogP contribution in [0.15, 0.2) is 58.9 Å². The van der Waals surface area contributed by atoms with Crippen LogP contribution in [0.1, 0.15) is 63.5 Å². The first kappa shape index (κ1) is 26.1. The van der Waals surface area contributed by atoms with E-state index in [0.29, 0.717) is 40.5 Å². The van der Waals surface area contributed by atoms with E-state index >= 15 is 0 Å². The molecule has 2 aromatic carbocycles. The SMILES string of the molecule is CCOc1cc([C@H]2C(C(=O)OC(C)C)=C(C)NC3=C2C(=O)C[C@@H](c2ccc(Cl)cc2)C3)cc(Cl)c1O. The summed E-state index contributed by atoms with van der Waals surface area (Å²) < 4.78 is 11.2. The smallest absolute Gasteiger partial charge is 0.337 e. The van der Waals surface area contributed by atoms with Crippen molar-refractivity contribution in [2.24, 2.45) is 0 Å². The van der Waals surface area contributed by atoms with Gasteiger partial charge in [-0.05, 0) is 75.4 Å². The molecular weight excluding hydrogens is 501 g/mol. The molecule has 4 rings (SSSR count). The number of Topliss-reactive ketones (excluding diaryl/α,β-unsaturated/α-hetero) is 1. The maximum absolute atomic E-state index is 13.7. The summed E-state index contributed by atoms with van der Waals surface area (Å²) in [5.74, 6) is -1.32. The highest BCUT2D eigenvalue weighted by atomic mass is 35.5. The fraction of sp³-hybridized carbons (Fsp3) is 0.357. The maximum Gasteiger partial charge on any atom is 0.337 e. The number of ketones is 1. The Morgan fingerprint density at radius 3 is 2.47 bits per heavy atom. The summed E-state index contributed by atoms with van der Waals surface area (Å²) in [7, 11) is 0. The average Bonchev–Trinajstić information content (AvgIpc) is 2.81. The van der Waals surface area contributed by atoms with Gasteiger partial charge in [-0.15, -0.1) is 0 Å². The topological polar surface area (TPSA) is 84.9 Å². The van der Waals surface area contributed by atoms with E-state index in [4.69, 9.17) is 32.7 Å². The summed E-state index contributed by atoms with van der Waals surface area (Å²) in [6.45, 7) is 7.46. The van der Waals surface area contributed by atoms with Crippen LogP contribution < -0.4 is 10.1 Å². The second-order valence-corrected chi connectivity index (χ2v) is 10.1. The van der Waals surface area contributed by atoms with Crippen LogP contribution in [0.5, 0.6) is 11.5 Å². The first-order chi connectivity index (χ1) is 17.1. The molecule has 0 fully saturated rings. The monoisotopic (exact) mass is 529 g/mol. The Bertz CT molecular complexity index is 1260.